The Kier molecular flexibility index (Phi) is 5.99. The van der Waals surface area contributed by atoms with Crippen molar-refractivity contribution in [3.63, 3.8) is 0 Å². The van der Waals surface area contributed by atoms with Gasteiger partial charge in [-0.3, -0.25) is 9.36 Å². The van der Waals surface area contributed by atoms with Crippen LogP contribution < -0.4 is 14.8 Å². The number of nitrogens with one attached hydrogen (secondary N) is 1. The topological polar surface area (TPSA) is 70.3 Å². The number of carbonyl (C=O) groups excluding carboxylic acids is 1. The van der Waals surface area contributed by atoms with Crippen LogP contribution in [0.5, 0.6) is 11.5 Å². The van der Waals surface area contributed by atoms with Gasteiger partial charge in [0.25, 0.3) is 5.91 Å². The maximum Gasteiger partial charge on any atom is 0.271 e. The summed E-state index contributed by atoms with van der Waals surface area (Å²) in [6.07, 6.45) is 5.54. The third kappa shape index (κ3) is 4.63. The van der Waals surface area contributed by atoms with Gasteiger partial charge in [-0.05, 0) is 49.8 Å². The van der Waals surface area contributed by atoms with Crippen LogP contribution in [-0.2, 0) is 19.9 Å². The van der Waals surface area contributed by atoms with Crippen LogP contribution in [0.15, 0.2) is 30.6 Å². The van der Waals surface area contributed by atoms with E-state index >= 15 is 0 Å². The number of nitrogens with zero attached hydrogens (tertiary/aromatic N) is 3. The summed E-state index contributed by atoms with van der Waals surface area (Å²) in [6, 6.07) is 6.08. The van der Waals surface area contributed by atoms with Crippen LogP contribution in [0.25, 0.3) is 17.1 Å². The first-order chi connectivity index (χ1) is 15.6. The number of benzene rings is 1. The summed E-state index contributed by atoms with van der Waals surface area (Å²) in [5.74, 6) is 2.03. The highest BCUT2D eigenvalue weighted by molar-refractivity contribution is 5.95. The number of methoxy groups -OCH3 is 1. The maximum absolute atomic E-state index is 13.2. The lowest BCUT2D eigenvalue weighted by Crippen LogP contribution is -2.33. The Bertz CT molecular complexity index is 1180. The quantitative estimate of drug-likeness (QED) is 0.598. The number of hydrogen-bond acceptors (Lipinski definition) is 4. The van der Waals surface area contributed by atoms with Gasteiger partial charge in [0.2, 0.25) is 0 Å². The highest BCUT2D eigenvalue weighted by atomic mass is 16.5. The molecule has 0 unspecified atom stereocenters. The van der Waals surface area contributed by atoms with Crippen LogP contribution in [-0.4, -0.2) is 39.8 Å². The molecule has 176 valence electrons. The van der Waals surface area contributed by atoms with Gasteiger partial charge in [0.15, 0.2) is 11.5 Å². The molecule has 0 saturated carbocycles. The van der Waals surface area contributed by atoms with Crippen LogP contribution in [0.4, 0.5) is 0 Å². The molecule has 0 atom stereocenters. The van der Waals surface area contributed by atoms with Crippen molar-refractivity contribution in [1.29, 1.82) is 0 Å². The number of imidazole rings is 1. The lowest BCUT2D eigenvalue weighted by molar-refractivity contribution is 0.0933. The molecule has 0 fully saturated rings. The van der Waals surface area contributed by atoms with Gasteiger partial charge >= 0.3 is 0 Å². The largest absolute Gasteiger partial charge is 0.493 e. The fourth-order valence-electron chi connectivity index (χ4n) is 4.14. The zero-order chi connectivity index (χ0) is 23.9. The number of aryl methyl sites for hydroxylation is 2. The fourth-order valence-corrected chi connectivity index (χ4v) is 4.14. The summed E-state index contributed by atoms with van der Waals surface area (Å²) in [5.41, 5.74) is 4.49. The number of carbonyl (C=O) groups is 1. The molecule has 1 N–H and O–H groups in total. The van der Waals surface area contributed by atoms with E-state index in [1.54, 1.807) is 7.11 Å². The van der Waals surface area contributed by atoms with Crippen molar-refractivity contribution in [3.8, 4) is 28.6 Å². The Labute approximate surface area is 195 Å². The number of hydrogen-bond donors (Lipinski definition) is 1. The Balaban J connectivity index is 1.88. The lowest BCUT2D eigenvalue weighted by atomic mass is 9.96. The minimum Gasteiger partial charge on any atom is -0.493 e. The highest BCUT2D eigenvalue weighted by Gasteiger charge is 2.30. The molecule has 0 saturated heterocycles. The zero-order valence-electron chi connectivity index (χ0n) is 20.7. The van der Waals surface area contributed by atoms with Crippen molar-refractivity contribution in [3.05, 3.63) is 47.5 Å². The van der Waals surface area contributed by atoms with E-state index in [0.717, 1.165) is 46.9 Å². The second-order valence-electron chi connectivity index (χ2n) is 10.2. The van der Waals surface area contributed by atoms with Gasteiger partial charge in [-0.2, -0.15) is 0 Å². The van der Waals surface area contributed by atoms with Crippen molar-refractivity contribution < 1.29 is 14.3 Å². The zero-order valence-corrected chi connectivity index (χ0v) is 20.7. The Morgan fingerprint density at radius 2 is 1.97 bits per heavy atom. The van der Waals surface area contributed by atoms with Gasteiger partial charge < -0.3 is 19.4 Å². The standard InChI is InChI=1S/C26H34N4O3/c1-16(2)33-22-13-20-17(12-21(22)32-7)8-9-19-23(25(31)27-15-26(3,4)5)28-24(30(19)20)18-10-11-29(6)14-18/h10-14,16H,8-9,15H2,1-7H3,(H,27,31). The van der Waals surface area contributed by atoms with Gasteiger partial charge in [0.05, 0.1) is 24.6 Å². The van der Waals surface area contributed by atoms with Crippen LogP contribution in [0.2, 0.25) is 0 Å². The number of ether oxygens (including phenoxy) is 2. The molecule has 1 aliphatic rings. The Morgan fingerprint density at radius 3 is 2.58 bits per heavy atom. The van der Waals surface area contributed by atoms with E-state index in [1.165, 1.54) is 0 Å². The van der Waals surface area contributed by atoms with Crippen LogP contribution in [0.1, 0.15) is 56.4 Å². The minimum absolute atomic E-state index is 0.00938. The molecule has 0 spiro atoms. The van der Waals surface area contributed by atoms with E-state index in [2.05, 4.69) is 30.7 Å². The fraction of sp³-hybridized carbons (Fsp3) is 0.462. The molecule has 33 heavy (non-hydrogen) atoms. The highest BCUT2D eigenvalue weighted by Crippen LogP contribution is 2.39. The predicted octanol–water partition coefficient (Wildman–Crippen LogP) is 4.55. The first kappa shape index (κ1) is 23.0. The van der Waals surface area contributed by atoms with Crippen molar-refractivity contribution in [2.75, 3.05) is 13.7 Å². The van der Waals surface area contributed by atoms with E-state index in [4.69, 9.17) is 14.5 Å². The number of rotatable bonds is 6. The average Bonchev–Trinajstić information content (AvgIpc) is 3.34. The average molecular weight is 451 g/mol. The normalized spacial score (nSPS) is 13.0. The third-order valence-corrected chi connectivity index (χ3v) is 5.66. The van der Waals surface area contributed by atoms with Crippen LogP contribution in [0, 0.1) is 5.41 Å². The maximum atomic E-state index is 13.2. The summed E-state index contributed by atoms with van der Waals surface area (Å²) in [7, 11) is 3.64. The van der Waals surface area contributed by atoms with Crippen molar-refractivity contribution in [1.82, 2.24) is 19.4 Å². The van der Waals surface area contributed by atoms with Gasteiger partial charge in [0.1, 0.15) is 11.5 Å². The van der Waals surface area contributed by atoms with Gasteiger partial charge in [-0.1, -0.05) is 20.8 Å². The summed E-state index contributed by atoms with van der Waals surface area (Å²) in [6.45, 7) is 10.9. The number of fused-ring (bicyclic) bond motifs is 3. The van der Waals surface area contributed by atoms with Gasteiger partial charge in [-0.25, -0.2) is 4.98 Å². The molecule has 3 aromatic rings. The van der Waals surface area contributed by atoms with Crippen molar-refractivity contribution >= 4 is 5.91 Å². The molecule has 0 aliphatic carbocycles. The summed E-state index contributed by atoms with van der Waals surface area (Å²) in [4.78, 5) is 18.1. The number of aromatic nitrogens is 3. The van der Waals surface area contributed by atoms with E-state index in [0.29, 0.717) is 18.0 Å². The minimum atomic E-state index is -0.133. The first-order valence-corrected chi connectivity index (χ1v) is 11.5. The van der Waals surface area contributed by atoms with Crippen LogP contribution >= 0.6 is 0 Å². The summed E-state index contributed by atoms with van der Waals surface area (Å²) >= 11 is 0. The molecule has 1 aromatic carbocycles. The van der Waals surface area contributed by atoms with Gasteiger partial charge in [0, 0.05) is 37.6 Å². The molecule has 4 rings (SSSR count). The molecule has 1 aliphatic heterocycles. The smallest absolute Gasteiger partial charge is 0.271 e. The van der Waals surface area contributed by atoms with Crippen molar-refractivity contribution in [2.24, 2.45) is 12.5 Å². The van der Waals surface area contributed by atoms with E-state index in [9.17, 15) is 4.79 Å². The van der Waals surface area contributed by atoms with Crippen molar-refractivity contribution in [2.45, 2.75) is 53.6 Å². The van der Waals surface area contributed by atoms with Crippen LogP contribution in [0.3, 0.4) is 0 Å². The van der Waals surface area contributed by atoms with E-state index in [-0.39, 0.29) is 17.4 Å². The molecule has 0 bridgehead atoms. The monoisotopic (exact) mass is 450 g/mol. The first-order valence-electron chi connectivity index (χ1n) is 11.5. The summed E-state index contributed by atoms with van der Waals surface area (Å²) in [5, 5.41) is 3.07. The van der Waals surface area contributed by atoms with E-state index in [1.807, 2.05) is 56.1 Å². The molecule has 1 amide bonds. The van der Waals surface area contributed by atoms with E-state index < -0.39 is 0 Å². The second kappa shape index (κ2) is 8.61. The molecule has 7 nitrogen and oxygen atoms in total. The number of amides is 1. The summed E-state index contributed by atoms with van der Waals surface area (Å²) < 4.78 is 15.8. The second-order valence-corrected chi connectivity index (χ2v) is 10.2. The molecular weight excluding hydrogens is 416 g/mol. The molecule has 0 radical (unpaired) electrons. The molecular formula is C26H34N4O3. The van der Waals surface area contributed by atoms with Gasteiger partial charge in [-0.15, -0.1) is 0 Å². The predicted molar refractivity (Wildman–Crippen MR) is 129 cm³/mol. The molecule has 7 heteroatoms. The Morgan fingerprint density at radius 1 is 1.21 bits per heavy atom. The molecule has 2 aromatic heterocycles. The Hall–Kier alpha value is -3.22. The third-order valence-electron chi connectivity index (χ3n) is 5.66. The molecule has 3 heterocycles. The lowest BCUT2D eigenvalue weighted by Gasteiger charge is -2.24. The SMILES string of the molecule is COc1cc2c(cc1OC(C)C)-n1c(-c3ccn(C)c3)nc(C(=O)NCC(C)(C)C)c1CC2.